The van der Waals surface area contributed by atoms with Crippen LogP contribution in [0.25, 0.3) is 11.3 Å². The van der Waals surface area contributed by atoms with Crippen LogP contribution in [-0.2, 0) is 4.79 Å². The van der Waals surface area contributed by atoms with Gasteiger partial charge in [-0.2, -0.15) is 0 Å². The minimum Gasteiger partial charge on any atom is -0.496 e. The number of ether oxygens (including phenoxy) is 1. The largest absolute Gasteiger partial charge is 0.496 e. The molecule has 0 saturated heterocycles. The number of nitrogens with zero attached hydrogens (tertiary/aromatic N) is 1. The summed E-state index contributed by atoms with van der Waals surface area (Å²) in [4.78, 5) is 28.5. The smallest absolute Gasteiger partial charge is 0.253 e. The fourth-order valence-corrected chi connectivity index (χ4v) is 3.33. The average Bonchev–Trinajstić information content (AvgIpc) is 3.15. The number of hydrogen-bond acceptors (Lipinski definition) is 5. The van der Waals surface area contributed by atoms with E-state index < -0.39 is 11.8 Å². The number of methoxy groups -OCH3 is 1. The molecule has 0 unspecified atom stereocenters. The van der Waals surface area contributed by atoms with Crippen LogP contribution in [0.1, 0.15) is 29.6 Å². The summed E-state index contributed by atoms with van der Waals surface area (Å²) >= 11 is 0. The summed E-state index contributed by atoms with van der Waals surface area (Å²) in [6.07, 6.45) is 3.68. The van der Waals surface area contributed by atoms with Gasteiger partial charge in [-0.15, -0.1) is 0 Å². The molecule has 1 aliphatic carbocycles. The van der Waals surface area contributed by atoms with Gasteiger partial charge >= 0.3 is 0 Å². The van der Waals surface area contributed by atoms with Gasteiger partial charge in [0.1, 0.15) is 5.75 Å². The fourth-order valence-electron chi connectivity index (χ4n) is 3.33. The van der Waals surface area contributed by atoms with Gasteiger partial charge in [0.2, 0.25) is 5.91 Å². The van der Waals surface area contributed by atoms with Gasteiger partial charge in [0.15, 0.2) is 0 Å². The lowest BCUT2D eigenvalue weighted by Gasteiger charge is -2.19. The number of rotatable bonds is 5. The highest BCUT2D eigenvalue weighted by molar-refractivity contribution is 5.95. The van der Waals surface area contributed by atoms with Gasteiger partial charge in [0.25, 0.3) is 5.91 Å². The topological polar surface area (TPSA) is 101 Å². The van der Waals surface area contributed by atoms with Crippen molar-refractivity contribution >= 4 is 11.8 Å². The molecule has 3 rings (SSSR count). The van der Waals surface area contributed by atoms with E-state index in [0.717, 1.165) is 12.0 Å². The SMILES string of the molecule is COc1ccccc1-c1ccc(C(=O)N[C@@H]2CCC[C@@H]2C(=O)NO)cn1. The summed E-state index contributed by atoms with van der Waals surface area (Å²) in [6, 6.07) is 10.7. The zero-order chi connectivity index (χ0) is 18.5. The summed E-state index contributed by atoms with van der Waals surface area (Å²) < 4.78 is 5.33. The molecule has 1 aromatic heterocycles. The first-order chi connectivity index (χ1) is 12.6. The molecule has 0 aliphatic heterocycles. The Labute approximate surface area is 151 Å². The van der Waals surface area contributed by atoms with Gasteiger partial charge in [0.05, 0.1) is 24.3 Å². The van der Waals surface area contributed by atoms with Crippen molar-refractivity contribution in [2.75, 3.05) is 7.11 Å². The highest BCUT2D eigenvalue weighted by Crippen LogP contribution is 2.28. The summed E-state index contributed by atoms with van der Waals surface area (Å²) in [7, 11) is 1.60. The predicted molar refractivity (Wildman–Crippen MR) is 94.7 cm³/mol. The van der Waals surface area contributed by atoms with Crippen molar-refractivity contribution in [3.8, 4) is 17.0 Å². The number of carbonyl (C=O) groups is 2. The molecule has 2 amide bonds. The standard InChI is InChI=1S/C19H21N3O4/c1-26-17-8-3-2-5-13(17)15-10-9-12(11-20-15)18(23)21-16-7-4-6-14(16)19(24)22-25/h2-3,5,8-11,14,16,25H,4,6-7H2,1H3,(H,21,23)(H,22,24)/t14-,16+/m0/s1. The molecule has 136 valence electrons. The molecule has 0 spiro atoms. The molecule has 0 radical (unpaired) electrons. The molecule has 0 bridgehead atoms. The summed E-state index contributed by atoms with van der Waals surface area (Å²) in [6.45, 7) is 0. The lowest BCUT2D eigenvalue weighted by Crippen LogP contribution is -2.43. The maximum Gasteiger partial charge on any atom is 0.253 e. The Bertz CT molecular complexity index is 792. The van der Waals surface area contributed by atoms with E-state index >= 15 is 0 Å². The zero-order valence-corrected chi connectivity index (χ0v) is 14.4. The number of para-hydroxylation sites is 1. The van der Waals surface area contributed by atoms with Crippen molar-refractivity contribution in [1.29, 1.82) is 0 Å². The van der Waals surface area contributed by atoms with E-state index in [0.29, 0.717) is 29.8 Å². The Morgan fingerprint density at radius 2 is 2.00 bits per heavy atom. The fraction of sp³-hybridized carbons (Fsp3) is 0.316. The highest BCUT2D eigenvalue weighted by atomic mass is 16.5. The first kappa shape index (κ1) is 17.9. The van der Waals surface area contributed by atoms with Crippen molar-refractivity contribution in [3.05, 3.63) is 48.2 Å². The Morgan fingerprint density at radius 1 is 1.19 bits per heavy atom. The third kappa shape index (κ3) is 3.67. The summed E-state index contributed by atoms with van der Waals surface area (Å²) in [5, 5.41) is 11.7. The van der Waals surface area contributed by atoms with Crippen LogP contribution in [0.15, 0.2) is 42.6 Å². The molecule has 7 nitrogen and oxygen atoms in total. The van der Waals surface area contributed by atoms with E-state index in [9.17, 15) is 9.59 Å². The Balaban J connectivity index is 1.72. The maximum atomic E-state index is 12.5. The predicted octanol–water partition coefficient (Wildman–Crippen LogP) is 2.16. The minimum absolute atomic E-state index is 0.285. The van der Waals surface area contributed by atoms with Crippen LogP contribution in [0.2, 0.25) is 0 Å². The third-order valence-corrected chi connectivity index (χ3v) is 4.69. The second-order valence-corrected chi connectivity index (χ2v) is 6.23. The third-order valence-electron chi connectivity index (χ3n) is 4.69. The lowest BCUT2D eigenvalue weighted by molar-refractivity contribution is -0.133. The van der Waals surface area contributed by atoms with Crippen molar-refractivity contribution in [3.63, 3.8) is 0 Å². The lowest BCUT2D eigenvalue weighted by atomic mass is 10.0. The van der Waals surface area contributed by atoms with Crippen LogP contribution >= 0.6 is 0 Å². The van der Waals surface area contributed by atoms with E-state index in [1.807, 2.05) is 24.3 Å². The Kier molecular flexibility index (Phi) is 5.48. The summed E-state index contributed by atoms with van der Waals surface area (Å²) in [5.41, 5.74) is 3.64. The van der Waals surface area contributed by atoms with Gasteiger partial charge in [-0.25, -0.2) is 5.48 Å². The van der Waals surface area contributed by atoms with Crippen LogP contribution in [0, 0.1) is 5.92 Å². The monoisotopic (exact) mass is 355 g/mol. The molecular weight excluding hydrogens is 334 g/mol. The number of hydrogen-bond donors (Lipinski definition) is 3. The van der Waals surface area contributed by atoms with Gasteiger partial charge < -0.3 is 10.1 Å². The van der Waals surface area contributed by atoms with Gasteiger partial charge in [0, 0.05) is 17.8 Å². The number of nitrogens with one attached hydrogen (secondary N) is 2. The normalized spacial score (nSPS) is 19.0. The van der Waals surface area contributed by atoms with Crippen molar-refractivity contribution in [2.45, 2.75) is 25.3 Å². The summed E-state index contributed by atoms with van der Waals surface area (Å²) in [5.74, 6) is -0.449. The quantitative estimate of drug-likeness (QED) is 0.564. The number of aromatic nitrogens is 1. The van der Waals surface area contributed by atoms with Crippen LogP contribution in [0.4, 0.5) is 0 Å². The Hall–Kier alpha value is -2.93. The van der Waals surface area contributed by atoms with Crippen molar-refractivity contribution in [2.24, 2.45) is 5.92 Å². The van der Waals surface area contributed by atoms with Crippen LogP contribution in [0.5, 0.6) is 5.75 Å². The van der Waals surface area contributed by atoms with E-state index in [2.05, 4.69) is 10.3 Å². The van der Waals surface area contributed by atoms with E-state index in [1.165, 1.54) is 6.20 Å². The molecule has 26 heavy (non-hydrogen) atoms. The van der Waals surface area contributed by atoms with Crippen molar-refractivity contribution < 1.29 is 19.5 Å². The first-order valence-corrected chi connectivity index (χ1v) is 8.48. The van der Waals surface area contributed by atoms with E-state index in [1.54, 1.807) is 24.7 Å². The van der Waals surface area contributed by atoms with Gasteiger partial charge in [-0.1, -0.05) is 18.6 Å². The molecule has 1 fully saturated rings. The first-order valence-electron chi connectivity index (χ1n) is 8.48. The number of amides is 2. The molecule has 1 aromatic carbocycles. The second-order valence-electron chi connectivity index (χ2n) is 6.23. The zero-order valence-electron chi connectivity index (χ0n) is 14.4. The molecule has 1 saturated carbocycles. The molecular formula is C19H21N3O4. The molecule has 1 heterocycles. The molecule has 2 atom stereocenters. The van der Waals surface area contributed by atoms with Gasteiger partial charge in [-0.05, 0) is 37.1 Å². The van der Waals surface area contributed by atoms with Crippen molar-refractivity contribution in [1.82, 2.24) is 15.8 Å². The van der Waals surface area contributed by atoms with Crippen LogP contribution in [-0.4, -0.2) is 35.2 Å². The number of benzene rings is 1. The minimum atomic E-state index is -0.461. The maximum absolute atomic E-state index is 12.5. The highest BCUT2D eigenvalue weighted by Gasteiger charge is 2.34. The number of pyridine rings is 1. The molecule has 2 aromatic rings. The molecule has 1 aliphatic rings. The number of carbonyl (C=O) groups excluding carboxylic acids is 2. The van der Waals surface area contributed by atoms with E-state index in [4.69, 9.17) is 9.94 Å². The van der Waals surface area contributed by atoms with Crippen LogP contribution < -0.4 is 15.5 Å². The Morgan fingerprint density at radius 3 is 2.69 bits per heavy atom. The molecule has 7 heteroatoms. The van der Waals surface area contributed by atoms with Gasteiger partial charge in [-0.3, -0.25) is 19.8 Å². The van der Waals surface area contributed by atoms with E-state index in [-0.39, 0.29) is 11.9 Å². The van der Waals surface area contributed by atoms with Crippen LogP contribution in [0.3, 0.4) is 0 Å². The molecule has 3 N–H and O–H groups in total. The number of hydroxylamine groups is 1. The average molecular weight is 355 g/mol. The second kappa shape index (κ2) is 7.97.